The molecule has 2 heterocycles. The minimum Gasteiger partial charge on any atom is -0.374 e. The molecule has 1 aliphatic rings. The van der Waals surface area contributed by atoms with Gasteiger partial charge in [-0.2, -0.15) is 5.10 Å². The van der Waals surface area contributed by atoms with Gasteiger partial charge in [0, 0.05) is 19.6 Å². The molecule has 0 unspecified atom stereocenters. The van der Waals surface area contributed by atoms with Crippen LogP contribution in [0.5, 0.6) is 0 Å². The predicted molar refractivity (Wildman–Crippen MR) is 61.0 cm³/mol. The van der Waals surface area contributed by atoms with E-state index in [0.29, 0.717) is 0 Å². The van der Waals surface area contributed by atoms with Crippen molar-refractivity contribution in [3.8, 4) is 0 Å². The monoisotopic (exact) mass is 222 g/mol. The van der Waals surface area contributed by atoms with Gasteiger partial charge in [-0.1, -0.05) is 12.2 Å². The lowest BCUT2D eigenvalue weighted by Crippen LogP contribution is -2.44. The first-order chi connectivity index (χ1) is 7.74. The van der Waals surface area contributed by atoms with Crippen LogP contribution in [0.15, 0.2) is 24.8 Å². The maximum atomic E-state index is 5.70. The first kappa shape index (κ1) is 11.3. The van der Waals surface area contributed by atoms with Crippen LogP contribution in [-0.2, 0) is 11.3 Å². The molecule has 1 aromatic rings. The lowest BCUT2D eigenvalue weighted by molar-refractivity contribution is -0.0345. The Hall–Kier alpha value is -1.20. The fraction of sp³-hybridized carbons (Fsp3) is 0.636. The summed E-state index contributed by atoms with van der Waals surface area (Å²) in [4.78, 5) is 6.29. The highest BCUT2D eigenvalue weighted by Crippen LogP contribution is 2.08. The molecule has 5 nitrogen and oxygen atoms in total. The fourth-order valence-electron chi connectivity index (χ4n) is 1.95. The first-order valence-corrected chi connectivity index (χ1v) is 5.55. The highest BCUT2D eigenvalue weighted by atomic mass is 16.5. The Morgan fingerprint density at radius 3 is 3.19 bits per heavy atom. The Bertz CT molecular complexity index is 336. The van der Waals surface area contributed by atoms with Crippen molar-refractivity contribution >= 4 is 0 Å². The van der Waals surface area contributed by atoms with Gasteiger partial charge in [-0.15, -0.1) is 0 Å². The SMILES string of the molecule is C=C(C)CN1CCO[C@H](Cn2cncn2)C1. The summed E-state index contributed by atoms with van der Waals surface area (Å²) in [7, 11) is 0. The molecule has 0 amide bonds. The topological polar surface area (TPSA) is 43.2 Å². The van der Waals surface area contributed by atoms with E-state index in [0.717, 1.165) is 32.8 Å². The van der Waals surface area contributed by atoms with Gasteiger partial charge in [0.05, 0.1) is 19.3 Å². The number of nitrogens with zero attached hydrogens (tertiary/aromatic N) is 4. The number of hydrogen-bond acceptors (Lipinski definition) is 4. The highest BCUT2D eigenvalue weighted by Gasteiger charge is 2.20. The zero-order valence-electron chi connectivity index (χ0n) is 9.67. The average Bonchev–Trinajstić information content (AvgIpc) is 2.70. The lowest BCUT2D eigenvalue weighted by atomic mass is 10.2. The summed E-state index contributed by atoms with van der Waals surface area (Å²) in [6.07, 6.45) is 3.48. The molecule has 0 aromatic carbocycles. The van der Waals surface area contributed by atoms with E-state index in [1.807, 2.05) is 4.68 Å². The molecule has 1 atom stereocenters. The van der Waals surface area contributed by atoms with E-state index in [2.05, 4.69) is 28.5 Å². The molecular weight excluding hydrogens is 204 g/mol. The lowest BCUT2D eigenvalue weighted by Gasteiger charge is -2.32. The minimum atomic E-state index is 0.204. The normalized spacial score (nSPS) is 22.2. The van der Waals surface area contributed by atoms with E-state index >= 15 is 0 Å². The molecule has 1 saturated heterocycles. The molecule has 0 radical (unpaired) electrons. The molecule has 0 spiro atoms. The Labute approximate surface area is 95.7 Å². The van der Waals surface area contributed by atoms with E-state index in [4.69, 9.17) is 4.74 Å². The molecule has 5 heteroatoms. The van der Waals surface area contributed by atoms with Gasteiger partial charge in [-0.3, -0.25) is 9.58 Å². The highest BCUT2D eigenvalue weighted by molar-refractivity contribution is 4.92. The number of aromatic nitrogens is 3. The van der Waals surface area contributed by atoms with Crippen molar-refractivity contribution in [1.82, 2.24) is 19.7 Å². The summed E-state index contributed by atoms with van der Waals surface area (Å²) in [6.45, 7) is 10.4. The van der Waals surface area contributed by atoms with Gasteiger partial charge in [-0.25, -0.2) is 4.98 Å². The molecule has 1 fully saturated rings. The Kier molecular flexibility index (Phi) is 3.69. The van der Waals surface area contributed by atoms with Crippen molar-refractivity contribution < 1.29 is 4.74 Å². The fourth-order valence-corrected chi connectivity index (χ4v) is 1.95. The molecule has 0 bridgehead atoms. The first-order valence-electron chi connectivity index (χ1n) is 5.55. The van der Waals surface area contributed by atoms with Crippen LogP contribution < -0.4 is 0 Å². The van der Waals surface area contributed by atoms with Crippen molar-refractivity contribution in [2.75, 3.05) is 26.2 Å². The maximum absolute atomic E-state index is 5.70. The van der Waals surface area contributed by atoms with Crippen molar-refractivity contribution in [2.24, 2.45) is 0 Å². The van der Waals surface area contributed by atoms with Crippen LogP contribution in [0.3, 0.4) is 0 Å². The molecular formula is C11H18N4O. The van der Waals surface area contributed by atoms with Crippen LogP contribution in [0.1, 0.15) is 6.92 Å². The van der Waals surface area contributed by atoms with Crippen molar-refractivity contribution in [3.63, 3.8) is 0 Å². The third kappa shape index (κ3) is 3.15. The van der Waals surface area contributed by atoms with Gasteiger partial charge in [-0.05, 0) is 6.92 Å². The molecule has 0 aliphatic carbocycles. The van der Waals surface area contributed by atoms with Crippen LogP contribution in [0.25, 0.3) is 0 Å². The van der Waals surface area contributed by atoms with Gasteiger partial charge < -0.3 is 4.74 Å². The average molecular weight is 222 g/mol. The molecule has 0 N–H and O–H groups in total. The molecule has 88 valence electrons. The van der Waals surface area contributed by atoms with E-state index in [-0.39, 0.29) is 6.10 Å². The summed E-state index contributed by atoms with van der Waals surface area (Å²) >= 11 is 0. The van der Waals surface area contributed by atoms with Crippen molar-refractivity contribution in [2.45, 2.75) is 19.6 Å². The Balaban J connectivity index is 1.84. The Morgan fingerprint density at radius 2 is 2.50 bits per heavy atom. The summed E-state index contributed by atoms with van der Waals surface area (Å²) in [5, 5.41) is 4.09. The predicted octanol–water partition coefficient (Wildman–Crippen LogP) is 0.555. The van der Waals surface area contributed by atoms with E-state index < -0.39 is 0 Å². The van der Waals surface area contributed by atoms with Crippen molar-refractivity contribution in [1.29, 1.82) is 0 Å². The summed E-state index contributed by atoms with van der Waals surface area (Å²) < 4.78 is 7.52. The molecule has 0 saturated carbocycles. The van der Waals surface area contributed by atoms with Crippen molar-refractivity contribution in [3.05, 3.63) is 24.8 Å². The van der Waals surface area contributed by atoms with Gasteiger partial charge in [0.1, 0.15) is 12.7 Å². The quantitative estimate of drug-likeness (QED) is 0.698. The number of ether oxygens (including phenoxy) is 1. The second kappa shape index (κ2) is 5.23. The summed E-state index contributed by atoms with van der Waals surface area (Å²) in [6, 6.07) is 0. The largest absolute Gasteiger partial charge is 0.374 e. The third-order valence-electron chi connectivity index (χ3n) is 2.57. The standard InChI is InChI=1S/C11H18N4O/c1-10(2)5-14-3-4-16-11(6-14)7-15-9-12-8-13-15/h8-9,11H,1,3-7H2,2H3/t11-/m0/s1. The molecule has 2 rings (SSSR count). The van der Waals surface area contributed by atoms with Crippen LogP contribution in [-0.4, -0.2) is 52.0 Å². The van der Waals surface area contributed by atoms with E-state index in [1.54, 1.807) is 12.7 Å². The third-order valence-corrected chi connectivity index (χ3v) is 2.57. The molecule has 1 aromatic heterocycles. The zero-order valence-corrected chi connectivity index (χ0v) is 9.67. The van der Waals surface area contributed by atoms with Crippen LogP contribution >= 0.6 is 0 Å². The molecule has 16 heavy (non-hydrogen) atoms. The van der Waals surface area contributed by atoms with Gasteiger partial charge >= 0.3 is 0 Å². The summed E-state index contributed by atoms with van der Waals surface area (Å²) in [5.74, 6) is 0. The smallest absolute Gasteiger partial charge is 0.137 e. The van der Waals surface area contributed by atoms with Crippen LogP contribution in [0.4, 0.5) is 0 Å². The number of morpholine rings is 1. The second-order valence-electron chi connectivity index (χ2n) is 4.30. The zero-order chi connectivity index (χ0) is 11.4. The second-order valence-corrected chi connectivity index (χ2v) is 4.30. The maximum Gasteiger partial charge on any atom is 0.137 e. The number of hydrogen-bond donors (Lipinski definition) is 0. The van der Waals surface area contributed by atoms with Gasteiger partial charge in [0.2, 0.25) is 0 Å². The van der Waals surface area contributed by atoms with Gasteiger partial charge in [0.25, 0.3) is 0 Å². The van der Waals surface area contributed by atoms with E-state index in [1.165, 1.54) is 5.57 Å². The van der Waals surface area contributed by atoms with E-state index in [9.17, 15) is 0 Å². The summed E-state index contributed by atoms with van der Waals surface area (Å²) in [5.41, 5.74) is 1.20. The number of rotatable bonds is 4. The van der Waals surface area contributed by atoms with Crippen LogP contribution in [0, 0.1) is 0 Å². The molecule has 1 aliphatic heterocycles. The minimum absolute atomic E-state index is 0.204. The van der Waals surface area contributed by atoms with Crippen LogP contribution in [0.2, 0.25) is 0 Å². The van der Waals surface area contributed by atoms with Gasteiger partial charge in [0.15, 0.2) is 0 Å². The Morgan fingerprint density at radius 1 is 1.62 bits per heavy atom.